The molecule has 0 unspecified atom stereocenters. The minimum Gasteiger partial charge on any atom is -0.495 e. The van der Waals surface area contributed by atoms with Gasteiger partial charge in [-0.15, -0.1) is 0 Å². The Hall–Kier alpha value is -2.52. The van der Waals surface area contributed by atoms with Gasteiger partial charge in [-0.1, -0.05) is 16.8 Å². The molecule has 0 spiro atoms. The molecule has 0 saturated heterocycles. The molecule has 0 saturated carbocycles. The molecule has 5 nitrogen and oxygen atoms in total. The van der Waals surface area contributed by atoms with E-state index in [0.717, 1.165) is 12.1 Å². The average molecular weight is 432 g/mol. The molecule has 0 atom stereocenters. The minimum atomic E-state index is -4.14. The Morgan fingerprint density at radius 3 is 2.29 bits per heavy atom. The molecule has 0 bridgehead atoms. The summed E-state index contributed by atoms with van der Waals surface area (Å²) in [6, 6.07) is 6.16. The predicted octanol–water partition coefficient (Wildman–Crippen LogP) is 4.82. The summed E-state index contributed by atoms with van der Waals surface area (Å²) in [5, 5.41) is 4.02. The first-order chi connectivity index (χ1) is 13.2. The standard InChI is InChI=1S/C18H13ClF3NO4S/c1-26-14-4-3-9(5-11(14)19)17-16(15(8-20)27-23-17)10-6-12(21)18(13(22)7-10)28(2,24)25/h3-7H,8H2,1-2H3. The minimum absolute atomic E-state index is 0.0124. The van der Waals surface area contributed by atoms with Gasteiger partial charge in [0.05, 0.1) is 17.7 Å². The number of alkyl halides is 1. The van der Waals surface area contributed by atoms with Crippen molar-refractivity contribution in [3.05, 3.63) is 52.7 Å². The van der Waals surface area contributed by atoms with Gasteiger partial charge in [-0.25, -0.2) is 21.6 Å². The summed E-state index contributed by atoms with van der Waals surface area (Å²) in [6.45, 7) is -1.09. The Morgan fingerprint density at radius 1 is 1.14 bits per heavy atom. The summed E-state index contributed by atoms with van der Waals surface area (Å²) >= 11 is 6.10. The summed E-state index contributed by atoms with van der Waals surface area (Å²) in [7, 11) is -2.71. The first-order valence-corrected chi connectivity index (χ1v) is 10.0. The summed E-state index contributed by atoms with van der Waals surface area (Å²) in [4.78, 5) is -1.07. The lowest BCUT2D eigenvalue weighted by Crippen LogP contribution is -2.05. The van der Waals surface area contributed by atoms with Gasteiger partial charge in [0.2, 0.25) is 0 Å². The van der Waals surface area contributed by atoms with Gasteiger partial charge in [0.15, 0.2) is 22.3 Å². The maximum atomic E-state index is 14.3. The number of nitrogens with zero attached hydrogens (tertiary/aromatic N) is 1. The quantitative estimate of drug-likeness (QED) is 0.579. The third-order valence-corrected chi connectivity index (χ3v) is 5.39. The van der Waals surface area contributed by atoms with Crippen LogP contribution >= 0.6 is 11.6 Å². The van der Waals surface area contributed by atoms with Crippen molar-refractivity contribution >= 4 is 21.4 Å². The number of halogens is 4. The lowest BCUT2D eigenvalue weighted by atomic mass is 9.99. The summed E-state index contributed by atoms with van der Waals surface area (Å²) in [6.07, 6.45) is 0.686. The highest BCUT2D eigenvalue weighted by molar-refractivity contribution is 7.90. The van der Waals surface area contributed by atoms with Gasteiger partial charge < -0.3 is 9.26 Å². The maximum Gasteiger partial charge on any atom is 0.181 e. The van der Waals surface area contributed by atoms with Crippen LogP contribution in [0, 0.1) is 11.6 Å². The van der Waals surface area contributed by atoms with Crippen molar-refractivity contribution in [2.45, 2.75) is 11.6 Å². The van der Waals surface area contributed by atoms with E-state index in [0.29, 0.717) is 17.6 Å². The highest BCUT2D eigenvalue weighted by atomic mass is 35.5. The lowest BCUT2D eigenvalue weighted by molar-refractivity contribution is 0.332. The number of aromatic nitrogens is 1. The fourth-order valence-corrected chi connectivity index (χ4v) is 3.87. The van der Waals surface area contributed by atoms with E-state index in [2.05, 4.69) is 5.16 Å². The number of hydrogen-bond donors (Lipinski definition) is 0. The fraction of sp³-hybridized carbons (Fsp3) is 0.167. The third-order valence-electron chi connectivity index (χ3n) is 3.97. The fourth-order valence-electron chi connectivity index (χ4n) is 2.78. The van der Waals surface area contributed by atoms with Crippen molar-refractivity contribution in [3.63, 3.8) is 0 Å². The van der Waals surface area contributed by atoms with Crippen LogP contribution in [0.25, 0.3) is 22.4 Å². The molecule has 0 aliphatic heterocycles. The van der Waals surface area contributed by atoms with Crippen LogP contribution in [0.5, 0.6) is 5.75 Å². The Balaban J connectivity index is 2.24. The zero-order chi connectivity index (χ0) is 20.6. The van der Waals surface area contributed by atoms with Gasteiger partial charge in [-0.2, -0.15) is 0 Å². The molecule has 3 rings (SSSR count). The van der Waals surface area contributed by atoms with E-state index in [-0.39, 0.29) is 27.6 Å². The van der Waals surface area contributed by atoms with Crippen molar-refractivity contribution < 1.29 is 30.8 Å². The highest BCUT2D eigenvalue weighted by Gasteiger charge is 2.25. The second-order valence-electron chi connectivity index (χ2n) is 5.85. The van der Waals surface area contributed by atoms with E-state index < -0.39 is 33.0 Å². The molecule has 3 aromatic rings. The van der Waals surface area contributed by atoms with Crippen molar-refractivity contribution in [1.29, 1.82) is 0 Å². The van der Waals surface area contributed by atoms with Crippen LogP contribution in [-0.4, -0.2) is 26.9 Å². The Morgan fingerprint density at radius 2 is 1.79 bits per heavy atom. The molecule has 1 aromatic heterocycles. The van der Waals surface area contributed by atoms with E-state index in [1.165, 1.54) is 13.2 Å². The molecule has 0 fully saturated rings. The van der Waals surface area contributed by atoms with E-state index in [9.17, 15) is 21.6 Å². The molecule has 1 heterocycles. The normalized spacial score (nSPS) is 11.6. The Labute approximate surface area is 163 Å². The number of hydrogen-bond acceptors (Lipinski definition) is 5. The van der Waals surface area contributed by atoms with Crippen LogP contribution in [-0.2, 0) is 16.5 Å². The van der Waals surface area contributed by atoms with Gasteiger partial charge >= 0.3 is 0 Å². The molecule has 0 aliphatic carbocycles. The van der Waals surface area contributed by atoms with Gasteiger partial charge in [-0.3, -0.25) is 0 Å². The van der Waals surface area contributed by atoms with E-state index in [1.807, 2.05) is 0 Å². The van der Waals surface area contributed by atoms with Gasteiger partial charge in [0.25, 0.3) is 0 Å². The van der Waals surface area contributed by atoms with E-state index >= 15 is 0 Å². The number of methoxy groups -OCH3 is 1. The van der Waals surface area contributed by atoms with Crippen LogP contribution in [0.1, 0.15) is 5.76 Å². The van der Waals surface area contributed by atoms with Crippen LogP contribution in [0.15, 0.2) is 39.8 Å². The van der Waals surface area contributed by atoms with Crippen LogP contribution in [0.3, 0.4) is 0 Å². The summed E-state index contributed by atoms with van der Waals surface area (Å²) in [5.41, 5.74) is 0.334. The predicted molar refractivity (Wildman–Crippen MR) is 96.8 cm³/mol. The molecular formula is C18H13ClF3NO4S. The smallest absolute Gasteiger partial charge is 0.181 e. The van der Waals surface area contributed by atoms with E-state index in [4.69, 9.17) is 20.9 Å². The maximum absolute atomic E-state index is 14.3. The molecule has 0 aliphatic rings. The monoisotopic (exact) mass is 431 g/mol. The van der Waals surface area contributed by atoms with Crippen molar-refractivity contribution in [3.8, 4) is 28.1 Å². The first-order valence-electron chi connectivity index (χ1n) is 7.75. The van der Waals surface area contributed by atoms with Crippen LogP contribution < -0.4 is 4.74 Å². The van der Waals surface area contributed by atoms with Crippen LogP contribution in [0.4, 0.5) is 13.2 Å². The van der Waals surface area contributed by atoms with Crippen molar-refractivity contribution in [2.24, 2.45) is 0 Å². The molecule has 10 heteroatoms. The molecule has 28 heavy (non-hydrogen) atoms. The molecule has 2 aromatic carbocycles. The second-order valence-corrected chi connectivity index (χ2v) is 8.21. The largest absolute Gasteiger partial charge is 0.495 e. The first kappa shape index (κ1) is 20.2. The van der Waals surface area contributed by atoms with Gasteiger partial charge in [0.1, 0.15) is 28.0 Å². The lowest BCUT2D eigenvalue weighted by Gasteiger charge is -2.09. The zero-order valence-electron chi connectivity index (χ0n) is 14.6. The van der Waals surface area contributed by atoms with Gasteiger partial charge in [0, 0.05) is 11.8 Å². The molecule has 0 N–H and O–H groups in total. The zero-order valence-corrected chi connectivity index (χ0v) is 16.2. The average Bonchev–Trinajstić information content (AvgIpc) is 3.03. The molecular weight excluding hydrogens is 419 g/mol. The second kappa shape index (κ2) is 7.48. The van der Waals surface area contributed by atoms with Crippen LogP contribution in [0.2, 0.25) is 5.02 Å². The third kappa shape index (κ3) is 3.59. The molecule has 148 valence electrons. The van der Waals surface area contributed by atoms with Crippen molar-refractivity contribution in [2.75, 3.05) is 13.4 Å². The van der Waals surface area contributed by atoms with Crippen molar-refractivity contribution in [1.82, 2.24) is 5.16 Å². The number of sulfone groups is 1. The molecule has 0 amide bonds. The Kier molecular flexibility index (Phi) is 5.40. The highest BCUT2D eigenvalue weighted by Crippen LogP contribution is 2.39. The SMILES string of the molecule is COc1ccc(-c2noc(CF)c2-c2cc(F)c(S(C)(=O)=O)c(F)c2)cc1Cl. The Bertz CT molecular complexity index is 1140. The number of benzene rings is 2. The van der Waals surface area contributed by atoms with Gasteiger partial charge in [-0.05, 0) is 35.9 Å². The molecule has 0 radical (unpaired) electrons. The number of rotatable bonds is 5. The summed E-state index contributed by atoms with van der Waals surface area (Å²) < 4.78 is 75.3. The summed E-state index contributed by atoms with van der Waals surface area (Å²) in [5.74, 6) is -2.49. The van der Waals surface area contributed by atoms with E-state index in [1.54, 1.807) is 12.1 Å². The topological polar surface area (TPSA) is 69.4 Å². The number of ether oxygens (including phenoxy) is 1.